The minimum Gasteiger partial charge on any atom is -0.396 e. The number of rotatable bonds is 7. The fourth-order valence-electron chi connectivity index (χ4n) is 2.71. The molecule has 2 N–H and O–H groups in total. The first-order valence-corrected chi connectivity index (χ1v) is 8.50. The molecular weight excluding hydrogens is 326 g/mol. The normalized spacial score (nSPS) is 12.2. The van der Waals surface area contributed by atoms with Gasteiger partial charge in [0.2, 0.25) is 0 Å². The second-order valence-electron chi connectivity index (χ2n) is 6.07. The molecule has 1 unspecified atom stereocenters. The number of halogens is 1. The lowest BCUT2D eigenvalue weighted by atomic mass is 10.1. The summed E-state index contributed by atoms with van der Waals surface area (Å²) in [5, 5.41) is 17.1. The molecule has 0 radical (unpaired) electrons. The molecule has 5 nitrogen and oxygen atoms in total. The molecule has 1 atom stereocenters. The third kappa shape index (κ3) is 4.58. The number of amides is 1. The number of hydrogen-bond donors (Lipinski definition) is 2. The molecule has 1 aromatic carbocycles. The zero-order chi connectivity index (χ0) is 17.7. The molecule has 0 aliphatic carbocycles. The Morgan fingerprint density at radius 3 is 2.62 bits per heavy atom. The molecule has 0 saturated carbocycles. The van der Waals surface area contributed by atoms with Crippen LogP contribution in [0.25, 0.3) is 0 Å². The van der Waals surface area contributed by atoms with Crippen molar-refractivity contribution in [3.8, 4) is 0 Å². The van der Waals surface area contributed by atoms with Gasteiger partial charge in [-0.2, -0.15) is 5.10 Å². The highest BCUT2D eigenvalue weighted by Crippen LogP contribution is 2.16. The van der Waals surface area contributed by atoms with E-state index in [1.807, 2.05) is 49.7 Å². The maximum atomic E-state index is 12.5. The average molecular weight is 350 g/mol. The molecule has 0 spiro atoms. The van der Waals surface area contributed by atoms with Crippen molar-refractivity contribution < 1.29 is 9.90 Å². The molecule has 1 aromatic heterocycles. The number of benzene rings is 1. The smallest absolute Gasteiger partial charge is 0.255 e. The van der Waals surface area contributed by atoms with Gasteiger partial charge in [0.25, 0.3) is 5.91 Å². The molecule has 0 aliphatic heterocycles. The Hall–Kier alpha value is -1.85. The van der Waals surface area contributed by atoms with E-state index in [1.54, 1.807) is 0 Å². The highest BCUT2D eigenvalue weighted by Gasteiger charge is 2.20. The van der Waals surface area contributed by atoms with Crippen LogP contribution in [-0.4, -0.2) is 33.4 Å². The Kier molecular flexibility index (Phi) is 6.40. The first-order valence-electron chi connectivity index (χ1n) is 8.12. The van der Waals surface area contributed by atoms with E-state index in [-0.39, 0.29) is 18.6 Å². The Morgan fingerprint density at radius 2 is 2.00 bits per heavy atom. The number of hydrogen-bond acceptors (Lipinski definition) is 3. The lowest BCUT2D eigenvalue weighted by Gasteiger charge is -2.13. The number of nitrogens with zero attached hydrogens (tertiary/aromatic N) is 2. The SMILES string of the molecule is Cc1nn(Cc2ccc(Cl)cc2)c(C)c1C(=O)NC(C)CCCO. The lowest BCUT2D eigenvalue weighted by Crippen LogP contribution is -2.33. The maximum Gasteiger partial charge on any atom is 0.255 e. The zero-order valence-electron chi connectivity index (χ0n) is 14.3. The van der Waals surface area contributed by atoms with Crippen LogP contribution in [0.15, 0.2) is 24.3 Å². The summed E-state index contributed by atoms with van der Waals surface area (Å²) in [5.74, 6) is -0.113. The van der Waals surface area contributed by atoms with Crippen LogP contribution in [0.5, 0.6) is 0 Å². The van der Waals surface area contributed by atoms with E-state index in [9.17, 15) is 4.79 Å². The van der Waals surface area contributed by atoms with Gasteiger partial charge in [0, 0.05) is 23.4 Å². The Bertz CT molecular complexity index is 695. The molecule has 2 rings (SSSR count). The highest BCUT2D eigenvalue weighted by molar-refractivity contribution is 6.30. The van der Waals surface area contributed by atoms with Crippen LogP contribution in [0.3, 0.4) is 0 Å². The molecule has 0 bridgehead atoms. The Morgan fingerprint density at radius 1 is 1.33 bits per heavy atom. The van der Waals surface area contributed by atoms with Gasteiger partial charge in [-0.1, -0.05) is 23.7 Å². The van der Waals surface area contributed by atoms with Crippen molar-refractivity contribution in [1.29, 1.82) is 0 Å². The van der Waals surface area contributed by atoms with Gasteiger partial charge in [-0.3, -0.25) is 9.48 Å². The molecule has 24 heavy (non-hydrogen) atoms. The van der Waals surface area contributed by atoms with Crippen molar-refractivity contribution in [2.45, 2.75) is 46.2 Å². The second-order valence-corrected chi connectivity index (χ2v) is 6.51. The first-order chi connectivity index (χ1) is 11.4. The van der Waals surface area contributed by atoms with E-state index < -0.39 is 0 Å². The number of aliphatic hydroxyl groups excluding tert-OH is 1. The van der Waals surface area contributed by atoms with E-state index in [0.29, 0.717) is 29.2 Å². The predicted molar refractivity (Wildman–Crippen MR) is 95.5 cm³/mol. The molecular formula is C18H24ClN3O2. The third-order valence-corrected chi connectivity index (χ3v) is 4.28. The summed E-state index contributed by atoms with van der Waals surface area (Å²) in [5.41, 5.74) is 3.26. The quantitative estimate of drug-likeness (QED) is 0.807. The summed E-state index contributed by atoms with van der Waals surface area (Å²) in [7, 11) is 0. The van der Waals surface area contributed by atoms with Gasteiger partial charge in [0.05, 0.1) is 17.8 Å². The summed E-state index contributed by atoms with van der Waals surface area (Å²) in [6, 6.07) is 7.62. The van der Waals surface area contributed by atoms with E-state index in [2.05, 4.69) is 10.4 Å². The largest absolute Gasteiger partial charge is 0.396 e. The van der Waals surface area contributed by atoms with Crippen LogP contribution in [0.1, 0.15) is 47.1 Å². The zero-order valence-corrected chi connectivity index (χ0v) is 15.1. The van der Waals surface area contributed by atoms with Gasteiger partial charge >= 0.3 is 0 Å². The van der Waals surface area contributed by atoms with Gasteiger partial charge in [-0.15, -0.1) is 0 Å². The molecule has 0 aliphatic rings. The molecule has 0 saturated heterocycles. The van der Waals surface area contributed by atoms with Crippen LogP contribution in [-0.2, 0) is 6.54 Å². The van der Waals surface area contributed by atoms with Crippen molar-refractivity contribution in [3.05, 3.63) is 51.8 Å². The average Bonchev–Trinajstić information content (AvgIpc) is 2.81. The van der Waals surface area contributed by atoms with Crippen LogP contribution in [0.2, 0.25) is 5.02 Å². The van der Waals surface area contributed by atoms with Crippen molar-refractivity contribution in [3.63, 3.8) is 0 Å². The van der Waals surface area contributed by atoms with Crippen molar-refractivity contribution in [2.24, 2.45) is 0 Å². The molecule has 2 aromatic rings. The van der Waals surface area contributed by atoms with Gasteiger partial charge in [-0.05, 0) is 51.3 Å². The van der Waals surface area contributed by atoms with Gasteiger partial charge in [0.1, 0.15) is 0 Å². The van der Waals surface area contributed by atoms with Gasteiger partial charge in [-0.25, -0.2) is 0 Å². The van der Waals surface area contributed by atoms with E-state index in [4.69, 9.17) is 16.7 Å². The summed E-state index contributed by atoms with van der Waals surface area (Å²) in [4.78, 5) is 12.5. The minimum absolute atomic E-state index is 0.0167. The minimum atomic E-state index is -0.113. The van der Waals surface area contributed by atoms with Crippen molar-refractivity contribution in [1.82, 2.24) is 15.1 Å². The topological polar surface area (TPSA) is 67.2 Å². The number of carbonyl (C=O) groups is 1. The standard InChI is InChI=1S/C18H24ClN3O2/c1-12(5-4-10-23)20-18(24)17-13(2)21-22(14(17)3)11-15-6-8-16(19)9-7-15/h6-9,12,23H,4-5,10-11H2,1-3H3,(H,20,24). The highest BCUT2D eigenvalue weighted by atomic mass is 35.5. The van der Waals surface area contributed by atoms with Gasteiger partial charge < -0.3 is 10.4 Å². The van der Waals surface area contributed by atoms with Crippen molar-refractivity contribution in [2.75, 3.05) is 6.61 Å². The van der Waals surface area contributed by atoms with Crippen LogP contribution in [0.4, 0.5) is 0 Å². The third-order valence-electron chi connectivity index (χ3n) is 4.03. The maximum absolute atomic E-state index is 12.5. The fourth-order valence-corrected chi connectivity index (χ4v) is 2.83. The molecule has 1 amide bonds. The summed E-state index contributed by atoms with van der Waals surface area (Å²) >= 11 is 5.91. The van der Waals surface area contributed by atoms with Crippen molar-refractivity contribution >= 4 is 17.5 Å². The Labute approximate surface area is 147 Å². The first kappa shape index (κ1) is 18.5. The number of aromatic nitrogens is 2. The number of aryl methyl sites for hydroxylation is 1. The molecule has 0 fully saturated rings. The fraction of sp³-hybridized carbons (Fsp3) is 0.444. The summed E-state index contributed by atoms with van der Waals surface area (Å²) in [6.07, 6.45) is 1.43. The van der Waals surface area contributed by atoms with E-state index in [1.165, 1.54) is 0 Å². The molecule has 1 heterocycles. The number of aliphatic hydroxyl groups is 1. The molecule has 6 heteroatoms. The van der Waals surface area contributed by atoms with Crippen LogP contribution in [0, 0.1) is 13.8 Å². The van der Waals surface area contributed by atoms with Crippen LogP contribution >= 0.6 is 11.6 Å². The summed E-state index contributed by atoms with van der Waals surface area (Å²) < 4.78 is 1.84. The number of nitrogens with one attached hydrogen (secondary N) is 1. The van der Waals surface area contributed by atoms with Crippen LogP contribution < -0.4 is 5.32 Å². The van der Waals surface area contributed by atoms with E-state index in [0.717, 1.165) is 17.7 Å². The molecule has 130 valence electrons. The Balaban J connectivity index is 2.13. The lowest BCUT2D eigenvalue weighted by molar-refractivity contribution is 0.0935. The predicted octanol–water partition coefficient (Wildman–Crippen LogP) is 3.09. The van der Waals surface area contributed by atoms with E-state index >= 15 is 0 Å². The second kappa shape index (κ2) is 8.31. The van der Waals surface area contributed by atoms with Gasteiger partial charge in [0.15, 0.2) is 0 Å². The summed E-state index contributed by atoms with van der Waals surface area (Å²) in [6.45, 7) is 6.42. The number of carbonyl (C=O) groups excluding carboxylic acids is 1. The monoisotopic (exact) mass is 349 g/mol.